The molecule has 0 radical (unpaired) electrons. The van der Waals surface area contributed by atoms with Gasteiger partial charge in [-0.3, -0.25) is 4.57 Å². The fraction of sp³-hybridized carbons (Fsp3) is 0.500. The van der Waals surface area contributed by atoms with E-state index in [1.165, 1.54) is 0 Å². The molecule has 3 fully saturated rings. The van der Waals surface area contributed by atoms with Crippen LogP contribution in [0.2, 0.25) is 0 Å². The van der Waals surface area contributed by atoms with Crippen LogP contribution >= 0.6 is 7.37 Å². The molecule has 3 heterocycles. The van der Waals surface area contributed by atoms with Crippen molar-refractivity contribution in [1.29, 1.82) is 0 Å². The monoisotopic (exact) mass is 460 g/mol. The third-order valence-corrected chi connectivity index (χ3v) is 8.38. The fourth-order valence-corrected chi connectivity index (χ4v) is 6.74. The Bertz CT molecular complexity index is 950. The van der Waals surface area contributed by atoms with Crippen LogP contribution in [0.1, 0.15) is 27.7 Å². The molecule has 3 aliphatic rings. The summed E-state index contributed by atoms with van der Waals surface area (Å²) in [4.78, 5) is 0. The average molecular weight is 460 g/mol. The number of hydrogen-bond acceptors (Lipinski definition) is 7. The minimum atomic E-state index is -3.49. The normalized spacial score (nSPS) is 33.3. The van der Waals surface area contributed by atoms with Gasteiger partial charge in [0.1, 0.15) is 24.4 Å². The Hall–Kier alpha value is -1.57. The SMILES string of the molecule is CC1(C)O[C@H]2O[C@H]([C@H]3COC(C)(C)O3)[C@H](OP(=O)(c3ccccc3)c3ccccc3)[C@H]2O1. The highest BCUT2D eigenvalue weighted by molar-refractivity contribution is 7.74. The van der Waals surface area contributed by atoms with E-state index in [0.29, 0.717) is 17.2 Å². The molecular weight excluding hydrogens is 431 g/mol. The Labute approximate surface area is 188 Å². The van der Waals surface area contributed by atoms with Crippen LogP contribution in [0.3, 0.4) is 0 Å². The van der Waals surface area contributed by atoms with Crippen molar-refractivity contribution in [2.75, 3.05) is 6.61 Å². The molecule has 5 atom stereocenters. The van der Waals surface area contributed by atoms with Crippen LogP contribution in [0.25, 0.3) is 0 Å². The van der Waals surface area contributed by atoms with Gasteiger partial charge in [-0.2, -0.15) is 0 Å². The quantitative estimate of drug-likeness (QED) is 0.634. The van der Waals surface area contributed by atoms with Crippen molar-refractivity contribution >= 4 is 18.0 Å². The summed E-state index contributed by atoms with van der Waals surface area (Å²) < 4.78 is 51.3. The molecule has 0 aliphatic carbocycles. The second-order valence-corrected chi connectivity index (χ2v) is 11.6. The van der Waals surface area contributed by atoms with E-state index in [0.717, 1.165) is 0 Å². The van der Waals surface area contributed by atoms with Gasteiger partial charge in [-0.25, -0.2) is 0 Å². The molecule has 3 aliphatic heterocycles. The van der Waals surface area contributed by atoms with E-state index >= 15 is 0 Å². The Morgan fingerprint density at radius 3 is 1.94 bits per heavy atom. The lowest BCUT2D eigenvalue weighted by molar-refractivity contribution is -0.230. The number of benzene rings is 2. The minimum Gasteiger partial charge on any atom is -0.348 e. The van der Waals surface area contributed by atoms with E-state index in [-0.39, 0.29) is 0 Å². The zero-order valence-electron chi connectivity index (χ0n) is 18.7. The van der Waals surface area contributed by atoms with Gasteiger partial charge >= 0.3 is 0 Å². The average Bonchev–Trinajstić information content (AvgIpc) is 3.38. The summed E-state index contributed by atoms with van der Waals surface area (Å²) in [6.45, 7) is 7.70. The van der Waals surface area contributed by atoms with Crippen molar-refractivity contribution in [2.45, 2.75) is 70.0 Å². The first kappa shape index (κ1) is 22.2. The highest BCUT2D eigenvalue weighted by Crippen LogP contribution is 2.51. The van der Waals surface area contributed by atoms with Crippen molar-refractivity contribution in [3.8, 4) is 0 Å². The minimum absolute atomic E-state index is 0.335. The number of rotatable bonds is 5. The summed E-state index contributed by atoms with van der Waals surface area (Å²) in [5.74, 6) is -1.57. The predicted molar refractivity (Wildman–Crippen MR) is 118 cm³/mol. The lowest BCUT2D eigenvalue weighted by Crippen LogP contribution is -2.44. The Morgan fingerprint density at radius 2 is 1.41 bits per heavy atom. The van der Waals surface area contributed by atoms with Gasteiger partial charge < -0.3 is 28.2 Å². The molecule has 0 spiro atoms. The molecule has 172 valence electrons. The van der Waals surface area contributed by atoms with Crippen LogP contribution in [-0.4, -0.2) is 48.9 Å². The molecule has 0 N–H and O–H groups in total. The smallest absolute Gasteiger partial charge is 0.261 e. The summed E-state index contributed by atoms with van der Waals surface area (Å²) in [6.07, 6.45) is -2.86. The highest BCUT2D eigenvalue weighted by Gasteiger charge is 2.60. The van der Waals surface area contributed by atoms with Gasteiger partial charge in [-0.05, 0) is 52.0 Å². The lowest BCUT2D eigenvalue weighted by Gasteiger charge is -2.31. The zero-order valence-corrected chi connectivity index (χ0v) is 19.6. The van der Waals surface area contributed by atoms with Crippen molar-refractivity contribution < 1.29 is 32.8 Å². The van der Waals surface area contributed by atoms with E-state index in [9.17, 15) is 4.57 Å². The molecule has 5 rings (SSSR count). The molecule has 0 amide bonds. The van der Waals surface area contributed by atoms with Crippen LogP contribution < -0.4 is 10.6 Å². The van der Waals surface area contributed by atoms with Crippen LogP contribution in [0.4, 0.5) is 0 Å². The predicted octanol–water partition coefficient (Wildman–Crippen LogP) is 3.33. The summed E-state index contributed by atoms with van der Waals surface area (Å²) >= 11 is 0. The molecule has 0 unspecified atom stereocenters. The van der Waals surface area contributed by atoms with Crippen LogP contribution in [0.15, 0.2) is 60.7 Å². The number of hydrogen-bond donors (Lipinski definition) is 0. The van der Waals surface area contributed by atoms with E-state index in [2.05, 4.69) is 0 Å². The van der Waals surface area contributed by atoms with Crippen LogP contribution in [-0.2, 0) is 32.8 Å². The molecule has 2 aromatic carbocycles. The van der Waals surface area contributed by atoms with Crippen molar-refractivity contribution in [1.82, 2.24) is 0 Å². The molecule has 0 aromatic heterocycles. The van der Waals surface area contributed by atoms with E-state index in [4.69, 9.17) is 28.2 Å². The van der Waals surface area contributed by atoms with Gasteiger partial charge in [0.05, 0.1) is 6.61 Å². The molecule has 8 heteroatoms. The lowest BCUT2D eigenvalue weighted by atomic mass is 10.1. The molecule has 0 saturated carbocycles. The molecule has 7 nitrogen and oxygen atoms in total. The molecule has 0 bridgehead atoms. The summed E-state index contributed by atoms with van der Waals surface area (Å²) in [5.41, 5.74) is 0. The number of ether oxygens (including phenoxy) is 5. The van der Waals surface area contributed by atoms with Crippen LogP contribution in [0.5, 0.6) is 0 Å². The van der Waals surface area contributed by atoms with Crippen LogP contribution in [0, 0.1) is 0 Å². The first-order valence-electron chi connectivity index (χ1n) is 10.9. The molecule has 2 aromatic rings. The Morgan fingerprint density at radius 1 is 0.812 bits per heavy atom. The van der Waals surface area contributed by atoms with Gasteiger partial charge in [0.25, 0.3) is 7.37 Å². The van der Waals surface area contributed by atoms with E-state index in [1.807, 2.05) is 88.4 Å². The van der Waals surface area contributed by atoms with E-state index in [1.54, 1.807) is 0 Å². The van der Waals surface area contributed by atoms with Gasteiger partial charge in [0, 0.05) is 10.6 Å². The fourth-order valence-electron chi connectivity index (χ4n) is 4.49. The zero-order chi connectivity index (χ0) is 22.6. The van der Waals surface area contributed by atoms with Crippen molar-refractivity contribution in [3.05, 3.63) is 60.7 Å². The largest absolute Gasteiger partial charge is 0.348 e. The van der Waals surface area contributed by atoms with E-state index < -0.39 is 49.6 Å². The Balaban J connectivity index is 1.53. The second-order valence-electron chi connectivity index (χ2n) is 9.23. The maximum Gasteiger partial charge on any atom is 0.261 e. The first-order chi connectivity index (χ1) is 15.2. The topological polar surface area (TPSA) is 72.5 Å². The third-order valence-electron chi connectivity index (χ3n) is 5.89. The molecule has 3 saturated heterocycles. The highest BCUT2D eigenvalue weighted by atomic mass is 31.2. The van der Waals surface area contributed by atoms with Gasteiger partial charge in [0.15, 0.2) is 17.9 Å². The Kier molecular flexibility index (Phi) is 5.58. The van der Waals surface area contributed by atoms with Gasteiger partial charge in [-0.15, -0.1) is 0 Å². The molecule has 32 heavy (non-hydrogen) atoms. The summed E-state index contributed by atoms with van der Waals surface area (Å²) in [5, 5.41) is 1.21. The second kappa shape index (κ2) is 8.03. The maximum atomic E-state index is 14.6. The van der Waals surface area contributed by atoms with Crippen molar-refractivity contribution in [3.63, 3.8) is 0 Å². The summed E-state index contributed by atoms with van der Waals surface area (Å²) in [6, 6.07) is 18.5. The summed E-state index contributed by atoms with van der Waals surface area (Å²) in [7, 11) is -3.49. The van der Waals surface area contributed by atoms with Crippen molar-refractivity contribution in [2.24, 2.45) is 0 Å². The molecular formula is C24H29O7P. The first-order valence-corrected chi connectivity index (χ1v) is 12.5. The maximum absolute atomic E-state index is 14.6. The standard InChI is InChI=1S/C24H29O7P/c1-23(2)26-15-18(28-23)19-20(21-22(27-19)30-24(3,4)29-21)31-32(25,16-11-7-5-8-12-16)17-13-9-6-10-14-17/h5-14,18-22H,15H2,1-4H3/t18-,19-,20+,21-,22-/m1/s1. The van der Waals surface area contributed by atoms with Gasteiger partial charge in [0.2, 0.25) is 0 Å². The number of fused-ring (bicyclic) bond motifs is 1. The third kappa shape index (κ3) is 4.08. The van der Waals surface area contributed by atoms with Gasteiger partial charge in [-0.1, -0.05) is 36.4 Å².